The molecule has 0 radical (unpaired) electrons. The summed E-state index contributed by atoms with van der Waals surface area (Å²) in [6.45, 7) is 1.52. The number of aliphatic hydroxyl groups excluding tert-OH is 6. The minimum Gasteiger partial charge on any atom is -0.390 e. The maximum absolute atomic E-state index is 12.5. The van der Waals surface area contributed by atoms with Crippen molar-refractivity contribution in [2.24, 2.45) is 15.3 Å². The average Bonchev–Trinajstić information content (AvgIpc) is 3.27. The zero-order valence-electron chi connectivity index (χ0n) is 35.2. The highest BCUT2D eigenvalue weighted by Crippen LogP contribution is 2.37. The Morgan fingerprint density at radius 2 is 1.13 bits per heavy atom. The topological polar surface area (TPSA) is 521 Å². The largest absolute Gasteiger partial charge is 0.397 e. The van der Waals surface area contributed by atoms with Crippen LogP contribution in [0.1, 0.15) is 20.3 Å². The van der Waals surface area contributed by atoms with Gasteiger partial charge in [-0.25, -0.2) is 8.37 Å². The Labute approximate surface area is 382 Å². The minimum atomic E-state index is -5.60. The Morgan fingerprint density at radius 1 is 0.588 bits per heavy atom. The van der Waals surface area contributed by atoms with E-state index < -0.39 is 181 Å². The average molecular weight is 1030 g/mol. The summed E-state index contributed by atoms with van der Waals surface area (Å²) in [7, 11) is -9.78. The highest BCUT2D eigenvalue weighted by molar-refractivity contribution is 7.81. The second-order valence-electron chi connectivity index (χ2n) is 15.4. The summed E-state index contributed by atoms with van der Waals surface area (Å²) in [5.41, 5.74) is 27.5. The lowest BCUT2D eigenvalue weighted by Crippen LogP contribution is -2.66. The number of ether oxygens (including phenoxy) is 10. The van der Waals surface area contributed by atoms with Crippen LogP contribution < -0.4 is 0 Å². The smallest absolute Gasteiger partial charge is 0.390 e. The van der Waals surface area contributed by atoms with E-state index in [0.29, 0.717) is 0 Å². The van der Waals surface area contributed by atoms with Crippen LogP contribution in [0.3, 0.4) is 0 Å². The molecule has 8 N–H and O–H groups in total. The molecular weight excluding hydrogens is 979 g/mol. The minimum absolute atomic E-state index is 0.00199. The van der Waals surface area contributed by atoms with Gasteiger partial charge in [0.2, 0.25) is 0 Å². The van der Waals surface area contributed by atoms with Gasteiger partial charge in [0, 0.05) is 21.8 Å². The van der Waals surface area contributed by atoms with E-state index in [2.05, 4.69) is 38.4 Å². The van der Waals surface area contributed by atoms with Crippen molar-refractivity contribution in [3.05, 3.63) is 31.3 Å². The van der Waals surface area contributed by atoms with E-state index in [1.165, 1.54) is 13.8 Å². The molecular formula is C31H47N9O26S2. The van der Waals surface area contributed by atoms with Crippen molar-refractivity contribution in [2.75, 3.05) is 13.7 Å². The van der Waals surface area contributed by atoms with E-state index in [0.717, 1.165) is 7.11 Å². The first-order valence-corrected chi connectivity index (χ1v) is 22.5. The summed E-state index contributed by atoms with van der Waals surface area (Å²) >= 11 is 0. The molecule has 24 atom stereocenters. The fourth-order valence-electron chi connectivity index (χ4n) is 7.78. The van der Waals surface area contributed by atoms with E-state index >= 15 is 0 Å². The number of aliphatic hydroxyl groups is 6. The number of nitrogens with zero attached hydrogens (tertiary/aromatic N) is 9. The van der Waals surface area contributed by atoms with Gasteiger partial charge < -0.3 is 87.6 Å². The van der Waals surface area contributed by atoms with Crippen LogP contribution >= 0.6 is 0 Å². The lowest BCUT2D eigenvalue weighted by molar-refractivity contribution is -0.360. The van der Waals surface area contributed by atoms with Gasteiger partial charge in [0.05, 0.1) is 43.2 Å². The third-order valence-corrected chi connectivity index (χ3v) is 12.0. The van der Waals surface area contributed by atoms with Crippen molar-refractivity contribution < 1.29 is 122 Å². The summed E-state index contributed by atoms with van der Waals surface area (Å²) in [4.78, 5) is 32.6. The molecule has 0 aliphatic carbocycles. The monoisotopic (exact) mass is 1030 g/mol. The van der Waals surface area contributed by atoms with Crippen LogP contribution in [0.4, 0.5) is 0 Å². The highest BCUT2D eigenvalue weighted by Gasteiger charge is 2.56. The maximum Gasteiger partial charge on any atom is 0.397 e. The van der Waals surface area contributed by atoms with Crippen molar-refractivity contribution in [3.63, 3.8) is 0 Å². The molecule has 37 heteroatoms. The zero-order valence-corrected chi connectivity index (χ0v) is 36.8. The number of carbonyl (C=O) groups is 2. The molecule has 384 valence electrons. The molecule has 5 saturated heterocycles. The number of hydrogen-bond donors (Lipinski definition) is 8. The molecule has 5 heterocycles. The van der Waals surface area contributed by atoms with Gasteiger partial charge in [0.15, 0.2) is 50.1 Å². The predicted octanol–water partition coefficient (Wildman–Crippen LogP) is -4.16. The zero-order chi connectivity index (χ0) is 50.4. The first kappa shape index (κ1) is 55.3. The molecule has 0 saturated carbocycles. The molecule has 0 spiro atoms. The van der Waals surface area contributed by atoms with E-state index in [1.807, 2.05) is 0 Å². The molecule has 5 aliphatic rings. The van der Waals surface area contributed by atoms with Gasteiger partial charge in [0.1, 0.15) is 73.1 Å². The Morgan fingerprint density at radius 3 is 1.69 bits per heavy atom. The number of rotatable bonds is 19. The van der Waals surface area contributed by atoms with Crippen LogP contribution in [0.15, 0.2) is 15.3 Å². The molecule has 0 aromatic heterocycles. The highest BCUT2D eigenvalue weighted by atomic mass is 32.3. The SMILES string of the molecule is CO[C@@H]1OC(COS(=O)(=O)O)[C@H](O[C@@H]2OC(C=O)[C@H](O[C@@H]3OC(C)[C@H](O[C@@H]4OC(C=O)[C@H](O[C@@H]5OC(C)[C@H](O)[C@H](O)C5N=[N+]=[N-])[C@H](O)C4O)CC3N=[N+]=[N-])[C@H](O)C2OS(=O)(=O)O)[C@H](O)C1N=[N+]=[N-]. The van der Waals surface area contributed by atoms with Crippen molar-refractivity contribution in [1.29, 1.82) is 0 Å². The summed E-state index contributed by atoms with van der Waals surface area (Å²) in [5, 5.41) is 75.9. The van der Waals surface area contributed by atoms with Crippen molar-refractivity contribution >= 4 is 33.4 Å². The molecule has 0 aromatic rings. The van der Waals surface area contributed by atoms with Gasteiger partial charge >= 0.3 is 20.8 Å². The van der Waals surface area contributed by atoms with Crippen LogP contribution in [-0.2, 0) is 86.1 Å². The fourth-order valence-corrected chi connectivity index (χ4v) is 8.58. The van der Waals surface area contributed by atoms with Crippen molar-refractivity contribution in [1.82, 2.24) is 0 Å². The Bertz CT molecular complexity index is 2120. The maximum atomic E-state index is 12.5. The van der Waals surface area contributed by atoms with Crippen LogP contribution in [0.2, 0.25) is 0 Å². The van der Waals surface area contributed by atoms with Gasteiger partial charge in [-0.3, -0.25) is 9.11 Å². The van der Waals surface area contributed by atoms with Gasteiger partial charge in [0.25, 0.3) is 0 Å². The quantitative estimate of drug-likeness (QED) is 0.0200. The predicted molar refractivity (Wildman–Crippen MR) is 207 cm³/mol. The lowest BCUT2D eigenvalue weighted by atomic mass is 9.95. The third-order valence-electron chi connectivity index (χ3n) is 11.1. The number of hydrogen-bond acceptors (Lipinski definition) is 27. The second kappa shape index (κ2) is 23.5. The van der Waals surface area contributed by atoms with E-state index in [4.69, 9.17) is 63.0 Å². The molecule has 5 aliphatic heterocycles. The van der Waals surface area contributed by atoms with Crippen LogP contribution in [0, 0.1) is 0 Å². The summed E-state index contributed by atoms with van der Waals surface area (Å²) in [5.74, 6) is 0. The first-order valence-electron chi connectivity index (χ1n) is 19.8. The lowest BCUT2D eigenvalue weighted by Gasteiger charge is -2.48. The molecule has 0 bridgehead atoms. The second-order valence-corrected chi connectivity index (χ2v) is 17.6. The molecule has 5 rings (SSSR count). The molecule has 35 nitrogen and oxygen atoms in total. The molecule has 68 heavy (non-hydrogen) atoms. The number of methoxy groups -OCH3 is 1. The molecule has 0 aromatic carbocycles. The molecule has 5 fully saturated rings. The molecule has 10 unspecified atom stereocenters. The normalized spacial score (nSPS) is 44.6. The van der Waals surface area contributed by atoms with Crippen LogP contribution in [0.5, 0.6) is 0 Å². The standard InChI is InChI=1S/C31H47N9O26S2/c1-8-11(59-30-21(47)20(46)23(12(5-41)60-30)64-29-15(36-39-33)18(44)17(43)9(2)58-29)4-10(35-38-32)27(57-8)63-24-13(6-42)61-31(26(22(24)48)66-68(52,53)54)65-25-14(7-56-67(49,50)51)62-28(55-3)16(19(25)45)37-40-34/h5-6,8-31,43-48H,4,7H2,1-3H3,(H,49,50,51)(H,52,53,54)/t8?,9?,10?,11-,12?,13?,14?,15?,16?,17+,18-,19-,20-,21?,22+,23+,24+,25+,26?,27+,28-,29+,30-,31+/m1/s1. The van der Waals surface area contributed by atoms with Crippen molar-refractivity contribution in [3.8, 4) is 0 Å². The van der Waals surface area contributed by atoms with Crippen LogP contribution in [-0.4, -0.2) is 230 Å². The van der Waals surface area contributed by atoms with E-state index in [9.17, 15) is 67.1 Å². The number of carbonyl (C=O) groups excluding carboxylic acids is 2. The number of aldehydes is 2. The first-order chi connectivity index (χ1) is 32.0. The van der Waals surface area contributed by atoms with E-state index in [-0.39, 0.29) is 12.6 Å². The summed E-state index contributed by atoms with van der Waals surface area (Å²) < 4.78 is 131. The van der Waals surface area contributed by atoms with Gasteiger partial charge in [-0.1, -0.05) is 15.3 Å². The summed E-state index contributed by atoms with van der Waals surface area (Å²) in [6.07, 6.45) is -38.9. The Hall–Kier alpha value is -3.63. The van der Waals surface area contributed by atoms with Crippen molar-refractivity contribution in [2.45, 2.75) is 168 Å². The van der Waals surface area contributed by atoms with Crippen LogP contribution in [0.25, 0.3) is 31.3 Å². The fraction of sp³-hybridized carbons (Fsp3) is 0.935. The third kappa shape index (κ3) is 13.0. The van der Waals surface area contributed by atoms with Gasteiger partial charge in [-0.2, -0.15) is 16.8 Å². The Balaban J connectivity index is 1.33. The van der Waals surface area contributed by atoms with Gasteiger partial charge in [-0.15, -0.1) is 0 Å². The number of azide groups is 3. The summed E-state index contributed by atoms with van der Waals surface area (Å²) in [6, 6.07) is -4.80. The Kier molecular flexibility index (Phi) is 19.1. The van der Waals surface area contributed by atoms with E-state index in [1.54, 1.807) is 0 Å². The molecule has 0 amide bonds. The van der Waals surface area contributed by atoms with Gasteiger partial charge in [-0.05, 0) is 36.9 Å².